The van der Waals surface area contributed by atoms with Gasteiger partial charge in [0.1, 0.15) is 0 Å². The summed E-state index contributed by atoms with van der Waals surface area (Å²) in [5.74, 6) is 0. The third-order valence-corrected chi connectivity index (χ3v) is 3.01. The summed E-state index contributed by atoms with van der Waals surface area (Å²) in [4.78, 5) is 15.3. The lowest BCUT2D eigenvalue weighted by molar-refractivity contribution is 0.887. The molecule has 0 spiro atoms. The van der Waals surface area contributed by atoms with E-state index in [0.717, 1.165) is 42.3 Å². The smallest absolute Gasteiger partial charge is 0.189 e. The number of nitrogens with one attached hydrogen (secondary N) is 1. The van der Waals surface area contributed by atoms with E-state index in [2.05, 4.69) is 24.9 Å². The van der Waals surface area contributed by atoms with E-state index in [9.17, 15) is 4.79 Å². The highest BCUT2D eigenvalue weighted by atomic mass is 16.1. The molecular formula is C15H19NO. The van der Waals surface area contributed by atoms with E-state index >= 15 is 0 Å². The summed E-state index contributed by atoms with van der Waals surface area (Å²) in [6, 6.07) is 7.90. The van der Waals surface area contributed by atoms with Crippen LogP contribution in [0.25, 0.3) is 10.9 Å². The predicted molar refractivity (Wildman–Crippen MR) is 72.6 cm³/mol. The van der Waals surface area contributed by atoms with Crippen LogP contribution in [-0.2, 0) is 12.8 Å². The van der Waals surface area contributed by atoms with Crippen LogP contribution in [0, 0.1) is 0 Å². The Kier molecular flexibility index (Phi) is 3.62. The first kappa shape index (κ1) is 11.9. The number of aromatic nitrogens is 1. The average molecular weight is 229 g/mol. The van der Waals surface area contributed by atoms with Crippen molar-refractivity contribution in [3.63, 3.8) is 0 Å². The Hall–Kier alpha value is -1.57. The van der Waals surface area contributed by atoms with Crippen LogP contribution in [-0.4, -0.2) is 4.98 Å². The maximum atomic E-state index is 12.0. The molecule has 0 aliphatic carbocycles. The van der Waals surface area contributed by atoms with E-state index in [-0.39, 0.29) is 5.43 Å². The van der Waals surface area contributed by atoms with Gasteiger partial charge in [-0.3, -0.25) is 4.79 Å². The van der Waals surface area contributed by atoms with Gasteiger partial charge >= 0.3 is 0 Å². The van der Waals surface area contributed by atoms with Gasteiger partial charge in [0.15, 0.2) is 5.43 Å². The molecule has 0 radical (unpaired) electrons. The lowest BCUT2D eigenvalue weighted by atomic mass is 10.1. The van der Waals surface area contributed by atoms with Crippen molar-refractivity contribution in [3.8, 4) is 0 Å². The van der Waals surface area contributed by atoms with Crippen molar-refractivity contribution >= 4 is 10.9 Å². The fourth-order valence-electron chi connectivity index (χ4n) is 2.20. The fraction of sp³-hybridized carbons (Fsp3) is 0.400. The largest absolute Gasteiger partial charge is 0.358 e. The van der Waals surface area contributed by atoms with Gasteiger partial charge < -0.3 is 4.98 Å². The van der Waals surface area contributed by atoms with Gasteiger partial charge in [0.2, 0.25) is 0 Å². The van der Waals surface area contributed by atoms with E-state index < -0.39 is 0 Å². The van der Waals surface area contributed by atoms with Crippen LogP contribution in [0.2, 0.25) is 0 Å². The molecule has 0 saturated carbocycles. The van der Waals surface area contributed by atoms with Crippen molar-refractivity contribution in [1.82, 2.24) is 4.98 Å². The quantitative estimate of drug-likeness (QED) is 0.856. The molecule has 0 bridgehead atoms. The maximum absolute atomic E-state index is 12.0. The van der Waals surface area contributed by atoms with Gasteiger partial charge in [-0.2, -0.15) is 0 Å². The van der Waals surface area contributed by atoms with Crippen LogP contribution in [0.3, 0.4) is 0 Å². The molecule has 2 rings (SSSR count). The number of rotatable bonds is 4. The number of hydrogen-bond donors (Lipinski definition) is 1. The van der Waals surface area contributed by atoms with Gasteiger partial charge in [-0.25, -0.2) is 0 Å². The Labute approximate surface area is 102 Å². The van der Waals surface area contributed by atoms with Crippen molar-refractivity contribution in [2.24, 2.45) is 0 Å². The third kappa shape index (κ3) is 2.57. The summed E-state index contributed by atoms with van der Waals surface area (Å²) >= 11 is 0. The molecule has 0 unspecified atom stereocenters. The summed E-state index contributed by atoms with van der Waals surface area (Å²) in [6.07, 6.45) is 4.13. The molecule has 90 valence electrons. The molecule has 0 fully saturated rings. The van der Waals surface area contributed by atoms with Crippen LogP contribution in [0.4, 0.5) is 0 Å². The van der Waals surface area contributed by atoms with Crippen LogP contribution in [0.1, 0.15) is 37.9 Å². The second kappa shape index (κ2) is 5.17. The van der Waals surface area contributed by atoms with Gasteiger partial charge in [0, 0.05) is 22.7 Å². The molecule has 0 amide bonds. The minimum Gasteiger partial charge on any atom is -0.358 e. The normalized spacial score (nSPS) is 10.9. The molecule has 2 aromatic rings. The zero-order valence-corrected chi connectivity index (χ0v) is 10.5. The van der Waals surface area contributed by atoms with Crippen LogP contribution >= 0.6 is 0 Å². The highest BCUT2D eigenvalue weighted by Crippen LogP contribution is 2.13. The highest BCUT2D eigenvalue weighted by Gasteiger charge is 2.02. The molecular weight excluding hydrogens is 210 g/mol. The number of fused-ring (bicyclic) bond motifs is 1. The number of aromatic amines is 1. The second-order valence-corrected chi connectivity index (χ2v) is 4.54. The van der Waals surface area contributed by atoms with E-state index in [0.29, 0.717) is 0 Å². The SMILES string of the molecule is CCCc1ccc2[nH]c(CCC)cc(=O)c2c1. The number of aryl methyl sites for hydroxylation is 2. The van der Waals surface area contributed by atoms with Crippen LogP contribution in [0.15, 0.2) is 29.1 Å². The lowest BCUT2D eigenvalue weighted by Crippen LogP contribution is -2.05. The topological polar surface area (TPSA) is 32.9 Å². The highest BCUT2D eigenvalue weighted by molar-refractivity contribution is 5.79. The molecule has 1 aromatic carbocycles. The number of hydrogen-bond acceptors (Lipinski definition) is 1. The van der Waals surface area contributed by atoms with E-state index in [1.165, 1.54) is 5.56 Å². The third-order valence-electron chi connectivity index (χ3n) is 3.01. The summed E-state index contributed by atoms with van der Waals surface area (Å²) < 4.78 is 0. The Balaban J connectivity index is 2.52. The molecule has 1 heterocycles. The van der Waals surface area contributed by atoms with Crippen LogP contribution < -0.4 is 5.43 Å². The number of benzene rings is 1. The molecule has 0 aliphatic rings. The molecule has 0 aliphatic heterocycles. The standard InChI is InChI=1S/C15H19NO/c1-3-5-11-7-8-14-13(9-11)15(17)10-12(16-14)6-4-2/h7-10H,3-6H2,1-2H3,(H,16,17). The first-order chi connectivity index (χ1) is 8.24. The van der Waals surface area contributed by atoms with Gasteiger partial charge in [-0.1, -0.05) is 32.8 Å². The van der Waals surface area contributed by atoms with Crippen LogP contribution in [0.5, 0.6) is 0 Å². The minimum absolute atomic E-state index is 0.139. The summed E-state index contributed by atoms with van der Waals surface area (Å²) in [5, 5.41) is 0.816. The Morgan fingerprint density at radius 2 is 1.82 bits per heavy atom. The zero-order valence-electron chi connectivity index (χ0n) is 10.5. The number of pyridine rings is 1. The summed E-state index contributed by atoms with van der Waals surface area (Å²) in [5.41, 5.74) is 3.38. The minimum atomic E-state index is 0.139. The number of H-pyrrole nitrogens is 1. The second-order valence-electron chi connectivity index (χ2n) is 4.54. The Morgan fingerprint density at radius 1 is 1.06 bits per heavy atom. The predicted octanol–water partition coefficient (Wildman–Crippen LogP) is 3.43. The molecule has 2 nitrogen and oxygen atoms in total. The van der Waals surface area contributed by atoms with Crippen molar-refractivity contribution in [2.75, 3.05) is 0 Å². The van der Waals surface area contributed by atoms with Gasteiger partial charge in [0.05, 0.1) is 0 Å². The zero-order chi connectivity index (χ0) is 12.3. The fourth-order valence-corrected chi connectivity index (χ4v) is 2.20. The van der Waals surface area contributed by atoms with E-state index in [1.807, 2.05) is 12.1 Å². The first-order valence-electron chi connectivity index (χ1n) is 6.39. The molecule has 0 atom stereocenters. The molecule has 17 heavy (non-hydrogen) atoms. The maximum Gasteiger partial charge on any atom is 0.189 e. The summed E-state index contributed by atoms with van der Waals surface area (Å²) in [7, 11) is 0. The monoisotopic (exact) mass is 229 g/mol. The molecule has 1 aromatic heterocycles. The van der Waals surface area contributed by atoms with Crippen molar-refractivity contribution < 1.29 is 0 Å². The first-order valence-corrected chi connectivity index (χ1v) is 6.39. The molecule has 1 N–H and O–H groups in total. The van der Waals surface area contributed by atoms with Gasteiger partial charge in [-0.15, -0.1) is 0 Å². The lowest BCUT2D eigenvalue weighted by Gasteiger charge is -2.05. The molecule has 0 saturated heterocycles. The Bertz CT molecular complexity index is 569. The van der Waals surface area contributed by atoms with Crippen molar-refractivity contribution in [1.29, 1.82) is 0 Å². The summed E-state index contributed by atoms with van der Waals surface area (Å²) in [6.45, 7) is 4.27. The molecule has 2 heteroatoms. The van der Waals surface area contributed by atoms with E-state index in [4.69, 9.17) is 0 Å². The van der Waals surface area contributed by atoms with Gasteiger partial charge in [0.25, 0.3) is 0 Å². The average Bonchev–Trinajstić information content (AvgIpc) is 2.31. The van der Waals surface area contributed by atoms with Crippen molar-refractivity contribution in [3.05, 3.63) is 45.7 Å². The van der Waals surface area contributed by atoms with Crippen molar-refractivity contribution in [2.45, 2.75) is 39.5 Å². The van der Waals surface area contributed by atoms with Gasteiger partial charge in [-0.05, 0) is 30.5 Å². The Morgan fingerprint density at radius 3 is 2.53 bits per heavy atom. The van der Waals surface area contributed by atoms with E-state index in [1.54, 1.807) is 6.07 Å².